The zero-order valence-electron chi connectivity index (χ0n) is 4.10. The van der Waals surface area contributed by atoms with Crippen molar-refractivity contribution in [3.05, 3.63) is 0 Å². The Bertz CT molecular complexity index is 57.1. The molecule has 0 aromatic rings. The molecule has 0 radical (unpaired) electrons. The lowest BCUT2D eigenvalue weighted by Gasteiger charge is -2.00. The van der Waals surface area contributed by atoms with Crippen molar-refractivity contribution in [3.8, 4) is 0 Å². The van der Waals surface area contributed by atoms with Crippen molar-refractivity contribution in [2.24, 2.45) is 0 Å². The molecule has 0 heterocycles. The van der Waals surface area contributed by atoms with Gasteiger partial charge in [0.15, 0.2) is 0 Å². The third-order valence-corrected chi connectivity index (χ3v) is 1.40. The molecule has 0 aliphatic heterocycles. The average Bonchev–Trinajstić information content (AvgIpc) is 1.91. The largest absolute Gasteiger partial charge is 0.390 e. The summed E-state index contributed by atoms with van der Waals surface area (Å²) in [6.45, 7) is 0. The van der Waals surface area contributed by atoms with Gasteiger partial charge in [-0.15, -0.1) is 0 Å². The van der Waals surface area contributed by atoms with Gasteiger partial charge in [-0.3, -0.25) is 0 Å². The fourth-order valence-corrected chi connectivity index (χ4v) is 0.895. The fourth-order valence-electron chi connectivity index (χ4n) is 0.895. The van der Waals surface area contributed by atoms with E-state index in [2.05, 4.69) is 0 Å². The quantitative estimate of drug-likeness (QED) is 0.483. The summed E-state index contributed by atoms with van der Waals surface area (Å²) in [5, 5.41) is 8.62. The highest BCUT2D eigenvalue weighted by atomic mass is 19.1. The van der Waals surface area contributed by atoms with Crippen LogP contribution in [0.25, 0.3) is 0 Å². The van der Waals surface area contributed by atoms with E-state index in [-0.39, 0.29) is 0 Å². The summed E-state index contributed by atoms with van der Waals surface area (Å²) in [5.74, 6) is 0. The van der Waals surface area contributed by atoms with Crippen LogP contribution in [-0.2, 0) is 0 Å². The molecular formula is C5H9FO. The van der Waals surface area contributed by atoms with Gasteiger partial charge in [0.25, 0.3) is 0 Å². The van der Waals surface area contributed by atoms with Gasteiger partial charge in [0, 0.05) is 0 Å². The van der Waals surface area contributed by atoms with Crippen molar-refractivity contribution in [1.29, 1.82) is 0 Å². The summed E-state index contributed by atoms with van der Waals surface area (Å²) in [5.41, 5.74) is 0. The monoisotopic (exact) mass is 104 g/mol. The number of hydrogen-bond donors (Lipinski definition) is 1. The lowest BCUT2D eigenvalue weighted by Crippen LogP contribution is -2.12. The Hall–Kier alpha value is -0.110. The van der Waals surface area contributed by atoms with E-state index in [1.165, 1.54) is 0 Å². The zero-order chi connectivity index (χ0) is 5.28. The van der Waals surface area contributed by atoms with Gasteiger partial charge < -0.3 is 5.11 Å². The molecule has 7 heavy (non-hydrogen) atoms. The maximum atomic E-state index is 12.1. The van der Waals surface area contributed by atoms with Gasteiger partial charge in [0.1, 0.15) is 6.17 Å². The molecule has 1 N–H and O–H groups in total. The molecule has 0 aromatic heterocycles. The number of rotatable bonds is 0. The summed E-state index contributed by atoms with van der Waals surface area (Å²) in [6, 6.07) is 0. The highest BCUT2D eigenvalue weighted by Crippen LogP contribution is 2.20. The van der Waals surface area contributed by atoms with Crippen LogP contribution >= 0.6 is 0 Å². The molecule has 1 aliphatic rings. The summed E-state index contributed by atoms with van der Waals surface area (Å²) in [4.78, 5) is 0. The molecule has 0 aromatic carbocycles. The maximum absolute atomic E-state index is 12.1. The summed E-state index contributed by atoms with van der Waals surface area (Å²) in [6.07, 6.45) is 0.477. The summed E-state index contributed by atoms with van der Waals surface area (Å²) in [7, 11) is 0. The molecule has 1 nitrogen and oxygen atoms in total. The smallest absolute Gasteiger partial charge is 0.126 e. The second-order valence-corrected chi connectivity index (χ2v) is 2.01. The Morgan fingerprint density at radius 1 is 1.43 bits per heavy atom. The van der Waals surface area contributed by atoms with Crippen LogP contribution in [0.3, 0.4) is 0 Å². The van der Waals surface area contributed by atoms with E-state index in [9.17, 15) is 4.39 Å². The number of hydrogen-bond acceptors (Lipinski definition) is 1. The summed E-state index contributed by atoms with van der Waals surface area (Å²) < 4.78 is 12.1. The first kappa shape index (κ1) is 5.04. The second-order valence-electron chi connectivity index (χ2n) is 2.01. The lowest BCUT2D eigenvalue weighted by molar-refractivity contribution is 0.103. The second kappa shape index (κ2) is 1.78. The van der Waals surface area contributed by atoms with Gasteiger partial charge in [-0.1, -0.05) is 0 Å². The van der Waals surface area contributed by atoms with Crippen LogP contribution in [0.2, 0.25) is 0 Å². The minimum Gasteiger partial charge on any atom is -0.390 e. The minimum absolute atomic E-state index is 0.557. The first-order valence-corrected chi connectivity index (χ1v) is 2.63. The molecule has 0 spiro atoms. The van der Waals surface area contributed by atoms with E-state index in [4.69, 9.17) is 5.11 Å². The number of alkyl halides is 1. The lowest BCUT2D eigenvalue weighted by atomic mass is 10.3. The van der Waals surface area contributed by atoms with E-state index in [0.29, 0.717) is 12.8 Å². The van der Waals surface area contributed by atoms with Crippen LogP contribution in [0.1, 0.15) is 19.3 Å². The van der Waals surface area contributed by atoms with Crippen LogP contribution in [-0.4, -0.2) is 17.4 Å². The molecular weight excluding hydrogens is 95.1 g/mol. The molecule has 1 unspecified atom stereocenters. The predicted molar refractivity (Wildman–Crippen MR) is 24.8 cm³/mol. The Balaban J connectivity index is 2.33. The Labute approximate surface area is 42.2 Å². The molecule has 1 rings (SSSR count). The van der Waals surface area contributed by atoms with Crippen molar-refractivity contribution >= 4 is 0 Å². The van der Waals surface area contributed by atoms with E-state index in [1.54, 1.807) is 0 Å². The Morgan fingerprint density at radius 3 is 2.29 bits per heavy atom. The van der Waals surface area contributed by atoms with Crippen molar-refractivity contribution in [2.45, 2.75) is 31.5 Å². The molecule has 0 amide bonds. The molecule has 42 valence electrons. The number of halogens is 1. The topological polar surface area (TPSA) is 20.2 Å². The molecule has 2 atom stereocenters. The third-order valence-electron chi connectivity index (χ3n) is 1.40. The number of aliphatic hydroxyl groups excluding tert-OH is 1. The average molecular weight is 104 g/mol. The van der Waals surface area contributed by atoms with Crippen LogP contribution < -0.4 is 0 Å². The van der Waals surface area contributed by atoms with Gasteiger partial charge in [-0.2, -0.15) is 0 Å². The highest BCUT2D eigenvalue weighted by Gasteiger charge is 2.23. The standard InChI is InChI=1S/C5H9FO/c6-4-2-1-3-5(4)7/h4-5,7H,1-3H2/t4-,5?/m0/s1. The predicted octanol–water partition coefficient (Wildman–Crippen LogP) is 0.869. The minimum atomic E-state index is -0.931. The maximum Gasteiger partial charge on any atom is 0.126 e. The van der Waals surface area contributed by atoms with Gasteiger partial charge in [0.05, 0.1) is 6.10 Å². The van der Waals surface area contributed by atoms with Gasteiger partial charge in [-0.25, -0.2) is 4.39 Å². The van der Waals surface area contributed by atoms with E-state index >= 15 is 0 Å². The number of aliphatic hydroxyl groups is 1. The van der Waals surface area contributed by atoms with Crippen molar-refractivity contribution in [2.75, 3.05) is 0 Å². The van der Waals surface area contributed by atoms with E-state index in [0.717, 1.165) is 6.42 Å². The molecule has 0 bridgehead atoms. The molecule has 0 saturated heterocycles. The molecule has 1 fully saturated rings. The summed E-state index contributed by atoms with van der Waals surface area (Å²) >= 11 is 0. The van der Waals surface area contributed by atoms with Gasteiger partial charge in [0.2, 0.25) is 0 Å². The highest BCUT2D eigenvalue weighted by molar-refractivity contribution is 4.74. The van der Waals surface area contributed by atoms with E-state index in [1.807, 2.05) is 0 Å². The van der Waals surface area contributed by atoms with Crippen molar-refractivity contribution in [3.63, 3.8) is 0 Å². The molecule has 2 heteroatoms. The van der Waals surface area contributed by atoms with Crippen LogP contribution in [0.4, 0.5) is 4.39 Å². The van der Waals surface area contributed by atoms with Gasteiger partial charge in [-0.05, 0) is 19.3 Å². The molecule has 1 aliphatic carbocycles. The SMILES string of the molecule is OC1CCC[C@@H]1F. The van der Waals surface area contributed by atoms with E-state index < -0.39 is 12.3 Å². The normalized spacial score (nSPS) is 42.0. The van der Waals surface area contributed by atoms with Crippen LogP contribution in [0, 0.1) is 0 Å². The Kier molecular flexibility index (Phi) is 1.28. The van der Waals surface area contributed by atoms with Gasteiger partial charge >= 0.3 is 0 Å². The van der Waals surface area contributed by atoms with Crippen molar-refractivity contribution < 1.29 is 9.50 Å². The first-order valence-electron chi connectivity index (χ1n) is 2.63. The Morgan fingerprint density at radius 2 is 2.14 bits per heavy atom. The fraction of sp³-hybridized carbons (Fsp3) is 1.00. The molecule has 1 saturated carbocycles. The van der Waals surface area contributed by atoms with Crippen LogP contribution in [0.5, 0.6) is 0 Å². The van der Waals surface area contributed by atoms with Crippen molar-refractivity contribution in [1.82, 2.24) is 0 Å². The van der Waals surface area contributed by atoms with Crippen LogP contribution in [0.15, 0.2) is 0 Å². The first-order chi connectivity index (χ1) is 3.30. The third kappa shape index (κ3) is 0.911. The zero-order valence-corrected chi connectivity index (χ0v) is 4.10.